The third-order valence-corrected chi connectivity index (χ3v) is 4.37. The fraction of sp³-hybridized carbons (Fsp3) is 0.588. The van der Waals surface area contributed by atoms with Gasteiger partial charge in [0.05, 0.1) is 12.6 Å². The second-order valence-corrected chi connectivity index (χ2v) is 6.34. The average Bonchev–Trinajstić information content (AvgIpc) is 2.86. The van der Waals surface area contributed by atoms with Crippen LogP contribution in [-0.2, 0) is 4.79 Å². The van der Waals surface area contributed by atoms with Crippen molar-refractivity contribution in [3.63, 3.8) is 0 Å². The summed E-state index contributed by atoms with van der Waals surface area (Å²) in [5.41, 5.74) is 0.0243. The third-order valence-electron chi connectivity index (χ3n) is 4.37. The SMILES string of the molecule is CCOc1[c]cc2c(c1)OC(C)(C)[C@H](O)[C@H]2N1CCCC1=O. The van der Waals surface area contributed by atoms with Gasteiger partial charge in [0.25, 0.3) is 0 Å². The van der Waals surface area contributed by atoms with E-state index in [0.29, 0.717) is 31.1 Å². The monoisotopic (exact) mass is 304 g/mol. The third kappa shape index (κ3) is 2.43. The molecule has 0 bridgehead atoms. The summed E-state index contributed by atoms with van der Waals surface area (Å²) in [6.45, 7) is 6.81. The summed E-state index contributed by atoms with van der Waals surface area (Å²) in [4.78, 5) is 13.9. The summed E-state index contributed by atoms with van der Waals surface area (Å²) < 4.78 is 11.4. The Labute approximate surface area is 130 Å². The Kier molecular flexibility index (Phi) is 3.77. The molecule has 2 aliphatic rings. The lowest BCUT2D eigenvalue weighted by molar-refractivity contribution is -0.139. The number of nitrogens with zero attached hydrogens (tertiary/aromatic N) is 1. The van der Waals surface area contributed by atoms with E-state index in [0.717, 1.165) is 12.0 Å². The van der Waals surface area contributed by atoms with Gasteiger partial charge >= 0.3 is 0 Å². The van der Waals surface area contributed by atoms with E-state index in [-0.39, 0.29) is 11.9 Å². The molecule has 2 atom stereocenters. The Morgan fingerprint density at radius 2 is 2.32 bits per heavy atom. The van der Waals surface area contributed by atoms with E-state index >= 15 is 0 Å². The van der Waals surface area contributed by atoms with Crippen molar-refractivity contribution in [3.05, 3.63) is 23.8 Å². The van der Waals surface area contributed by atoms with Crippen LogP contribution in [0.25, 0.3) is 0 Å². The number of amides is 1. The van der Waals surface area contributed by atoms with Crippen LogP contribution in [0.2, 0.25) is 0 Å². The molecule has 0 aromatic heterocycles. The molecule has 22 heavy (non-hydrogen) atoms. The van der Waals surface area contributed by atoms with Crippen molar-refractivity contribution in [1.29, 1.82) is 0 Å². The van der Waals surface area contributed by atoms with Crippen molar-refractivity contribution in [2.24, 2.45) is 0 Å². The summed E-state index contributed by atoms with van der Waals surface area (Å²) in [5, 5.41) is 10.7. The minimum atomic E-state index is -0.784. The molecule has 1 radical (unpaired) electrons. The first-order valence-corrected chi connectivity index (χ1v) is 7.79. The zero-order chi connectivity index (χ0) is 15.9. The van der Waals surface area contributed by atoms with Crippen LogP contribution in [0.3, 0.4) is 0 Å². The Bertz CT molecular complexity index is 584. The Balaban J connectivity index is 2.04. The molecule has 1 fully saturated rings. The van der Waals surface area contributed by atoms with Crippen molar-refractivity contribution in [2.75, 3.05) is 13.2 Å². The maximum Gasteiger partial charge on any atom is 0.223 e. The molecule has 119 valence electrons. The molecular formula is C17H22NO4. The lowest BCUT2D eigenvalue weighted by Crippen LogP contribution is -2.53. The Morgan fingerprint density at radius 1 is 1.55 bits per heavy atom. The number of hydrogen-bond acceptors (Lipinski definition) is 4. The number of likely N-dealkylation sites (tertiary alicyclic amines) is 1. The number of fused-ring (bicyclic) bond motifs is 1. The summed E-state index contributed by atoms with van der Waals surface area (Å²) in [5.74, 6) is 1.35. The summed E-state index contributed by atoms with van der Waals surface area (Å²) in [6.07, 6.45) is 0.591. The molecule has 0 spiro atoms. The second kappa shape index (κ2) is 5.47. The smallest absolute Gasteiger partial charge is 0.223 e. The molecule has 2 aliphatic heterocycles. The van der Waals surface area contributed by atoms with E-state index < -0.39 is 11.7 Å². The molecule has 5 heteroatoms. The quantitative estimate of drug-likeness (QED) is 0.929. The van der Waals surface area contributed by atoms with Gasteiger partial charge in [0, 0.05) is 30.7 Å². The lowest BCUT2D eigenvalue weighted by Gasteiger charge is -2.45. The molecule has 2 heterocycles. The molecule has 1 N–H and O–H groups in total. The predicted octanol–water partition coefficient (Wildman–Crippen LogP) is 2.08. The Morgan fingerprint density at radius 3 is 2.95 bits per heavy atom. The van der Waals surface area contributed by atoms with Crippen LogP contribution in [0.5, 0.6) is 11.5 Å². The zero-order valence-corrected chi connectivity index (χ0v) is 13.3. The van der Waals surface area contributed by atoms with Crippen LogP contribution in [-0.4, -0.2) is 40.8 Å². The highest BCUT2D eigenvalue weighted by Crippen LogP contribution is 2.45. The summed E-state index contributed by atoms with van der Waals surface area (Å²) in [6, 6.07) is 6.24. The van der Waals surface area contributed by atoms with Gasteiger partial charge in [0.2, 0.25) is 5.91 Å². The van der Waals surface area contributed by atoms with Crippen molar-refractivity contribution in [2.45, 2.75) is 51.4 Å². The van der Waals surface area contributed by atoms with Gasteiger partial charge < -0.3 is 19.5 Å². The minimum absolute atomic E-state index is 0.0848. The van der Waals surface area contributed by atoms with Crippen LogP contribution in [0, 0.1) is 6.07 Å². The summed E-state index contributed by atoms with van der Waals surface area (Å²) >= 11 is 0. The number of benzene rings is 1. The first kappa shape index (κ1) is 15.2. The number of rotatable bonds is 3. The molecule has 1 aromatic carbocycles. The number of carbonyl (C=O) groups is 1. The van der Waals surface area contributed by atoms with Gasteiger partial charge in [-0.1, -0.05) is 0 Å². The summed E-state index contributed by atoms with van der Waals surface area (Å²) in [7, 11) is 0. The number of carbonyl (C=O) groups excluding carboxylic acids is 1. The highest BCUT2D eigenvalue weighted by Gasteiger charge is 2.47. The molecule has 1 saturated heterocycles. The molecular weight excluding hydrogens is 282 g/mol. The van der Waals surface area contributed by atoms with Crippen LogP contribution in [0.1, 0.15) is 45.2 Å². The molecule has 1 aromatic rings. The molecule has 0 unspecified atom stereocenters. The van der Waals surface area contributed by atoms with Crippen LogP contribution < -0.4 is 9.47 Å². The fourth-order valence-electron chi connectivity index (χ4n) is 3.22. The van der Waals surface area contributed by atoms with Gasteiger partial charge in [0.15, 0.2) is 0 Å². The van der Waals surface area contributed by atoms with Gasteiger partial charge in [-0.25, -0.2) is 0 Å². The van der Waals surface area contributed by atoms with Crippen LogP contribution >= 0.6 is 0 Å². The average molecular weight is 304 g/mol. The number of ether oxygens (including phenoxy) is 2. The zero-order valence-electron chi connectivity index (χ0n) is 13.3. The second-order valence-electron chi connectivity index (χ2n) is 6.34. The van der Waals surface area contributed by atoms with Gasteiger partial charge in [0.1, 0.15) is 23.2 Å². The van der Waals surface area contributed by atoms with Gasteiger partial charge in [-0.3, -0.25) is 4.79 Å². The minimum Gasteiger partial charge on any atom is -0.493 e. The number of hydrogen-bond donors (Lipinski definition) is 1. The van der Waals surface area contributed by atoms with Crippen LogP contribution in [0.15, 0.2) is 12.1 Å². The first-order chi connectivity index (χ1) is 10.4. The fourth-order valence-corrected chi connectivity index (χ4v) is 3.22. The van der Waals surface area contributed by atoms with Crippen LogP contribution in [0.4, 0.5) is 0 Å². The largest absolute Gasteiger partial charge is 0.493 e. The lowest BCUT2D eigenvalue weighted by atomic mass is 9.85. The van der Waals surface area contributed by atoms with E-state index in [4.69, 9.17) is 9.47 Å². The highest BCUT2D eigenvalue weighted by molar-refractivity contribution is 5.79. The molecule has 1 amide bonds. The Hall–Kier alpha value is -1.75. The maximum absolute atomic E-state index is 12.1. The first-order valence-electron chi connectivity index (χ1n) is 7.79. The predicted molar refractivity (Wildman–Crippen MR) is 80.8 cm³/mol. The highest BCUT2D eigenvalue weighted by atomic mass is 16.5. The molecule has 0 aliphatic carbocycles. The molecule has 0 saturated carbocycles. The van der Waals surface area contributed by atoms with E-state index in [1.54, 1.807) is 17.0 Å². The van der Waals surface area contributed by atoms with Crippen molar-refractivity contribution >= 4 is 5.91 Å². The van der Waals surface area contributed by atoms with Crippen molar-refractivity contribution in [3.8, 4) is 11.5 Å². The van der Waals surface area contributed by atoms with E-state index in [1.165, 1.54) is 0 Å². The number of aliphatic hydroxyl groups excluding tert-OH is 1. The van der Waals surface area contributed by atoms with Crippen molar-refractivity contribution < 1.29 is 19.4 Å². The standard InChI is InChI=1S/C17H22NO4/c1-4-21-11-7-8-12-13(10-11)22-17(2,3)16(20)15(12)18-9-5-6-14(18)19/h8,10,15-16,20H,4-6,9H2,1-3H3/t15-,16+/m0/s1. The topological polar surface area (TPSA) is 59.0 Å². The number of aliphatic hydroxyl groups is 1. The normalized spacial score (nSPS) is 26.5. The van der Waals surface area contributed by atoms with E-state index in [2.05, 4.69) is 6.07 Å². The molecule has 3 rings (SSSR count). The van der Waals surface area contributed by atoms with Gasteiger partial charge in [-0.05, 0) is 33.3 Å². The van der Waals surface area contributed by atoms with Crippen molar-refractivity contribution in [1.82, 2.24) is 4.90 Å². The van der Waals surface area contributed by atoms with E-state index in [1.807, 2.05) is 20.8 Å². The van der Waals surface area contributed by atoms with E-state index in [9.17, 15) is 9.90 Å². The van der Waals surface area contributed by atoms with Gasteiger partial charge in [-0.2, -0.15) is 0 Å². The molecule has 5 nitrogen and oxygen atoms in total. The van der Waals surface area contributed by atoms with Gasteiger partial charge in [-0.15, -0.1) is 0 Å². The maximum atomic E-state index is 12.1.